The van der Waals surface area contributed by atoms with Gasteiger partial charge in [-0.1, -0.05) is 17.7 Å². The Balaban J connectivity index is 1.95. The SMILES string of the molecule is Cc1ccc(OC(C)C(=O)N2CCNC(=O)C2)cc1. The summed E-state index contributed by atoms with van der Waals surface area (Å²) in [4.78, 5) is 24.9. The number of nitrogens with zero attached hydrogens (tertiary/aromatic N) is 1. The largest absolute Gasteiger partial charge is 0.481 e. The Labute approximate surface area is 112 Å². The van der Waals surface area contributed by atoms with Crippen LogP contribution in [-0.2, 0) is 9.59 Å². The number of benzene rings is 1. The molecule has 0 radical (unpaired) electrons. The summed E-state index contributed by atoms with van der Waals surface area (Å²) < 4.78 is 5.60. The molecule has 19 heavy (non-hydrogen) atoms. The topological polar surface area (TPSA) is 58.6 Å². The number of piperazine rings is 1. The highest BCUT2D eigenvalue weighted by molar-refractivity contribution is 5.88. The number of nitrogens with one attached hydrogen (secondary N) is 1. The monoisotopic (exact) mass is 262 g/mol. The molecule has 0 aromatic heterocycles. The fourth-order valence-corrected chi connectivity index (χ4v) is 1.96. The smallest absolute Gasteiger partial charge is 0.263 e. The summed E-state index contributed by atoms with van der Waals surface area (Å²) in [5.74, 6) is 0.380. The van der Waals surface area contributed by atoms with Gasteiger partial charge in [-0.25, -0.2) is 0 Å². The average Bonchev–Trinajstić information content (AvgIpc) is 2.40. The van der Waals surface area contributed by atoms with Gasteiger partial charge in [-0.3, -0.25) is 9.59 Å². The van der Waals surface area contributed by atoms with Crippen molar-refractivity contribution < 1.29 is 14.3 Å². The molecule has 5 nitrogen and oxygen atoms in total. The van der Waals surface area contributed by atoms with E-state index in [4.69, 9.17) is 4.74 Å². The number of carbonyl (C=O) groups is 2. The Morgan fingerprint density at radius 2 is 2.05 bits per heavy atom. The molecule has 1 atom stereocenters. The average molecular weight is 262 g/mol. The van der Waals surface area contributed by atoms with Crippen LogP contribution in [-0.4, -0.2) is 42.5 Å². The van der Waals surface area contributed by atoms with E-state index in [-0.39, 0.29) is 18.4 Å². The third kappa shape index (κ3) is 3.47. The van der Waals surface area contributed by atoms with E-state index < -0.39 is 6.10 Å². The fraction of sp³-hybridized carbons (Fsp3) is 0.429. The van der Waals surface area contributed by atoms with Crippen molar-refractivity contribution in [2.24, 2.45) is 0 Å². The maximum absolute atomic E-state index is 12.1. The van der Waals surface area contributed by atoms with Crippen LogP contribution in [0, 0.1) is 6.92 Å². The molecule has 1 aromatic rings. The van der Waals surface area contributed by atoms with Crippen LogP contribution in [0.15, 0.2) is 24.3 Å². The zero-order valence-electron chi connectivity index (χ0n) is 11.2. The lowest BCUT2D eigenvalue weighted by molar-refractivity contribution is -0.143. The molecule has 1 aromatic carbocycles. The Morgan fingerprint density at radius 1 is 1.37 bits per heavy atom. The number of aryl methyl sites for hydroxylation is 1. The summed E-state index contributed by atoms with van der Waals surface area (Å²) in [6.07, 6.45) is -0.589. The van der Waals surface area contributed by atoms with Gasteiger partial charge in [-0.05, 0) is 26.0 Å². The first-order chi connectivity index (χ1) is 9.06. The fourth-order valence-electron chi connectivity index (χ4n) is 1.96. The minimum absolute atomic E-state index is 0.112. The minimum Gasteiger partial charge on any atom is -0.481 e. The highest BCUT2D eigenvalue weighted by Gasteiger charge is 2.26. The van der Waals surface area contributed by atoms with Crippen LogP contribution < -0.4 is 10.1 Å². The van der Waals surface area contributed by atoms with E-state index in [9.17, 15) is 9.59 Å². The second-order valence-electron chi connectivity index (χ2n) is 4.68. The summed E-state index contributed by atoms with van der Waals surface area (Å²) in [5, 5.41) is 2.69. The summed E-state index contributed by atoms with van der Waals surface area (Å²) in [6.45, 7) is 4.84. The van der Waals surface area contributed by atoms with Crippen LogP contribution in [0.4, 0.5) is 0 Å². The van der Waals surface area contributed by atoms with Crippen molar-refractivity contribution in [1.82, 2.24) is 10.2 Å². The van der Waals surface area contributed by atoms with Crippen LogP contribution in [0.5, 0.6) is 5.75 Å². The summed E-state index contributed by atoms with van der Waals surface area (Å²) in [5.41, 5.74) is 1.14. The molecule has 0 spiro atoms. The van der Waals surface area contributed by atoms with Crippen molar-refractivity contribution in [2.45, 2.75) is 20.0 Å². The summed E-state index contributed by atoms with van der Waals surface area (Å²) in [7, 11) is 0. The highest BCUT2D eigenvalue weighted by Crippen LogP contribution is 2.14. The van der Waals surface area contributed by atoms with Gasteiger partial charge < -0.3 is 15.0 Å². The Hall–Kier alpha value is -2.04. The van der Waals surface area contributed by atoms with E-state index in [2.05, 4.69) is 5.32 Å². The minimum atomic E-state index is -0.589. The molecular formula is C14H18N2O3. The molecule has 1 heterocycles. The molecule has 5 heteroatoms. The Kier molecular flexibility index (Phi) is 4.04. The van der Waals surface area contributed by atoms with E-state index in [0.717, 1.165) is 5.56 Å². The van der Waals surface area contributed by atoms with Crippen LogP contribution in [0.2, 0.25) is 0 Å². The molecule has 1 aliphatic rings. The van der Waals surface area contributed by atoms with Crippen molar-refractivity contribution in [1.29, 1.82) is 0 Å². The molecule has 1 saturated heterocycles. The standard InChI is InChI=1S/C14H18N2O3/c1-10-3-5-12(6-4-10)19-11(2)14(18)16-8-7-15-13(17)9-16/h3-6,11H,7-9H2,1-2H3,(H,15,17). The molecule has 1 unspecified atom stereocenters. The molecule has 0 aliphatic carbocycles. The quantitative estimate of drug-likeness (QED) is 0.873. The van der Waals surface area contributed by atoms with Gasteiger partial charge >= 0.3 is 0 Å². The predicted octanol–water partition coefficient (Wildman–Crippen LogP) is 0.721. The van der Waals surface area contributed by atoms with Gasteiger partial charge in [0.25, 0.3) is 5.91 Å². The van der Waals surface area contributed by atoms with Gasteiger partial charge in [0.15, 0.2) is 6.10 Å². The van der Waals surface area contributed by atoms with Crippen molar-refractivity contribution in [3.63, 3.8) is 0 Å². The number of carbonyl (C=O) groups excluding carboxylic acids is 2. The van der Waals surface area contributed by atoms with Gasteiger partial charge in [0.05, 0.1) is 6.54 Å². The third-order valence-corrected chi connectivity index (χ3v) is 3.03. The van der Waals surface area contributed by atoms with Crippen molar-refractivity contribution in [3.05, 3.63) is 29.8 Å². The Morgan fingerprint density at radius 3 is 2.68 bits per heavy atom. The first-order valence-corrected chi connectivity index (χ1v) is 6.35. The summed E-state index contributed by atoms with van der Waals surface area (Å²) in [6, 6.07) is 7.53. The van der Waals surface area contributed by atoms with Crippen LogP contribution >= 0.6 is 0 Å². The highest BCUT2D eigenvalue weighted by atomic mass is 16.5. The first-order valence-electron chi connectivity index (χ1n) is 6.35. The van der Waals surface area contributed by atoms with E-state index in [1.54, 1.807) is 6.92 Å². The van der Waals surface area contributed by atoms with Crippen LogP contribution in [0.1, 0.15) is 12.5 Å². The number of hydrogen-bond acceptors (Lipinski definition) is 3. The maximum atomic E-state index is 12.1. The van der Waals surface area contributed by atoms with E-state index in [0.29, 0.717) is 18.8 Å². The zero-order chi connectivity index (χ0) is 13.8. The predicted molar refractivity (Wildman–Crippen MR) is 70.9 cm³/mol. The molecule has 1 N–H and O–H groups in total. The molecule has 2 rings (SSSR count). The maximum Gasteiger partial charge on any atom is 0.263 e. The van der Waals surface area contributed by atoms with Gasteiger partial charge in [0, 0.05) is 13.1 Å². The van der Waals surface area contributed by atoms with Gasteiger partial charge in [-0.15, -0.1) is 0 Å². The van der Waals surface area contributed by atoms with Gasteiger partial charge in [0.2, 0.25) is 5.91 Å². The second-order valence-corrected chi connectivity index (χ2v) is 4.68. The first kappa shape index (κ1) is 13.4. The van der Waals surface area contributed by atoms with E-state index in [1.165, 1.54) is 4.90 Å². The Bertz CT molecular complexity index is 470. The second kappa shape index (κ2) is 5.73. The number of ether oxygens (including phenoxy) is 1. The third-order valence-electron chi connectivity index (χ3n) is 3.03. The molecular weight excluding hydrogens is 244 g/mol. The lowest BCUT2D eigenvalue weighted by Gasteiger charge is -2.29. The lowest BCUT2D eigenvalue weighted by atomic mass is 10.2. The van der Waals surface area contributed by atoms with Crippen molar-refractivity contribution in [3.8, 4) is 5.75 Å². The molecule has 2 amide bonds. The summed E-state index contributed by atoms with van der Waals surface area (Å²) >= 11 is 0. The van der Waals surface area contributed by atoms with E-state index in [1.807, 2.05) is 31.2 Å². The van der Waals surface area contributed by atoms with Crippen LogP contribution in [0.25, 0.3) is 0 Å². The molecule has 1 aliphatic heterocycles. The lowest BCUT2D eigenvalue weighted by Crippen LogP contribution is -2.53. The van der Waals surface area contributed by atoms with Gasteiger partial charge in [0.1, 0.15) is 5.75 Å². The zero-order valence-corrected chi connectivity index (χ0v) is 11.2. The van der Waals surface area contributed by atoms with Crippen LogP contribution in [0.3, 0.4) is 0 Å². The molecule has 1 fully saturated rings. The van der Waals surface area contributed by atoms with E-state index >= 15 is 0 Å². The normalized spacial score (nSPS) is 16.7. The molecule has 0 saturated carbocycles. The van der Waals surface area contributed by atoms with Crippen molar-refractivity contribution in [2.75, 3.05) is 19.6 Å². The molecule has 102 valence electrons. The number of rotatable bonds is 3. The number of hydrogen-bond donors (Lipinski definition) is 1. The van der Waals surface area contributed by atoms with Gasteiger partial charge in [-0.2, -0.15) is 0 Å². The van der Waals surface area contributed by atoms with Crippen molar-refractivity contribution >= 4 is 11.8 Å². The molecule has 0 bridgehead atoms. The number of amides is 2.